The zero-order valence-electron chi connectivity index (χ0n) is 8.99. The van der Waals surface area contributed by atoms with Crippen LogP contribution >= 0.6 is 0 Å². The first-order valence-corrected chi connectivity index (χ1v) is 4.82. The van der Waals surface area contributed by atoms with E-state index in [4.69, 9.17) is 10.5 Å². The van der Waals surface area contributed by atoms with E-state index in [2.05, 4.69) is 5.32 Å². The summed E-state index contributed by atoms with van der Waals surface area (Å²) >= 11 is 0. The van der Waals surface area contributed by atoms with E-state index in [1.54, 1.807) is 7.05 Å². The molecule has 4 nitrogen and oxygen atoms in total. The number of likely N-dealkylation sites (N-methyl/N-ethyl adjacent to an activating group) is 1. The molecule has 0 fully saturated rings. The van der Waals surface area contributed by atoms with Gasteiger partial charge in [-0.05, 0) is 24.6 Å². The Kier molecular flexibility index (Phi) is 4.12. The molecule has 82 valence electrons. The average Bonchev–Trinajstić information content (AvgIpc) is 2.26. The zero-order chi connectivity index (χ0) is 11.3. The van der Waals surface area contributed by atoms with Crippen LogP contribution < -0.4 is 15.8 Å². The van der Waals surface area contributed by atoms with Crippen molar-refractivity contribution in [3.63, 3.8) is 0 Å². The number of amides is 1. The van der Waals surface area contributed by atoms with Gasteiger partial charge in [0.15, 0.2) is 6.61 Å². The van der Waals surface area contributed by atoms with E-state index in [0.29, 0.717) is 5.75 Å². The van der Waals surface area contributed by atoms with Crippen LogP contribution in [-0.4, -0.2) is 19.6 Å². The van der Waals surface area contributed by atoms with Crippen LogP contribution in [0, 0.1) is 0 Å². The van der Waals surface area contributed by atoms with Crippen molar-refractivity contribution in [1.29, 1.82) is 0 Å². The number of rotatable bonds is 4. The molecular formula is C11H16N2O2. The third-order valence-corrected chi connectivity index (χ3v) is 2.05. The molecule has 0 aromatic heterocycles. The first kappa shape index (κ1) is 11.5. The Bertz CT molecular complexity index is 320. The molecule has 1 aromatic rings. The lowest BCUT2D eigenvalue weighted by atomic mass is 10.1. The van der Waals surface area contributed by atoms with Gasteiger partial charge in [-0.25, -0.2) is 0 Å². The first-order chi connectivity index (χ1) is 7.13. The van der Waals surface area contributed by atoms with E-state index in [-0.39, 0.29) is 18.6 Å². The molecule has 0 saturated carbocycles. The van der Waals surface area contributed by atoms with Crippen LogP contribution in [0.5, 0.6) is 5.75 Å². The molecular weight excluding hydrogens is 192 g/mol. The molecule has 15 heavy (non-hydrogen) atoms. The lowest BCUT2D eigenvalue weighted by molar-refractivity contribution is -0.122. The number of ether oxygens (including phenoxy) is 1. The maximum atomic E-state index is 10.9. The summed E-state index contributed by atoms with van der Waals surface area (Å²) in [5, 5.41) is 2.48. The largest absolute Gasteiger partial charge is 0.484 e. The summed E-state index contributed by atoms with van der Waals surface area (Å²) in [6, 6.07) is 7.41. The van der Waals surface area contributed by atoms with Gasteiger partial charge in [0.25, 0.3) is 5.91 Å². The summed E-state index contributed by atoms with van der Waals surface area (Å²) in [5.74, 6) is 0.522. The molecule has 0 aliphatic carbocycles. The number of benzene rings is 1. The van der Waals surface area contributed by atoms with E-state index in [0.717, 1.165) is 5.56 Å². The molecule has 4 heteroatoms. The van der Waals surface area contributed by atoms with E-state index in [1.807, 2.05) is 31.2 Å². The fourth-order valence-corrected chi connectivity index (χ4v) is 1.09. The Morgan fingerprint density at radius 3 is 2.53 bits per heavy atom. The lowest BCUT2D eigenvalue weighted by Crippen LogP contribution is -2.24. The van der Waals surface area contributed by atoms with E-state index in [9.17, 15) is 4.79 Å². The van der Waals surface area contributed by atoms with Crippen molar-refractivity contribution in [2.75, 3.05) is 13.7 Å². The van der Waals surface area contributed by atoms with Crippen molar-refractivity contribution in [2.24, 2.45) is 5.73 Å². The number of nitrogens with two attached hydrogens (primary N) is 1. The Hall–Kier alpha value is -1.55. The van der Waals surface area contributed by atoms with Crippen molar-refractivity contribution in [3.8, 4) is 5.75 Å². The van der Waals surface area contributed by atoms with Crippen LogP contribution in [0.25, 0.3) is 0 Å². The van der Waals surface area contributed by atoms with Gasteiger partial charge in [-0.15, -0.1) is 0 Å². The highest BCUT2D eigenvalue weighted by molar-refractivity contribution is 5.77. The van der Waals surface area contributed by atoms with Gasteiger partial charge in [0.05, 0.1) is 0 Å². The molecule has 3 N–H and O–H groups in total. The molecule has 1 aromatic carbocycles. The topological polar surface area (TPSA) is 64.3 Å². The minimum absolute atomic E-state index is 0.0120. The SMILES string of the molecule is CNC(=O)COc1ccc([C@@H](C)N)cc1. The molecule has 0 aliphatic rings. The second kappa shape index (κ2) is 5.36. The lowest BCUT2D eigenvalue weighted by Gasteiger charge is -2.08. The van der Waals surface area contributed by atoms with Crippen molar-refractivity contribution >= 4 is 5.91 Å². The minimum Gasteiger partial charge on any atom is -0.484 e. The summed E-state index contributed by atoms with van der Waals surface area (Å²) in [4.78, 5) is 10.9. The fraction of sp³-hybridized carbons (Fsp3) is 0.364. The predicted molar refractivity (Wildman–Crippen MR) is 58.6 cm³/mol. The van der Waals surface area contributed by atoms with Gasteiger partial charge in [0.1, 0.15) is 5.75 Å². The van der Waals surface area contributed by atoms with Gasteiger partial charge in [0, 0.05) is 13.1 Å². The predicted octanol–water partition coefficient (Wildman–Crippen LogP) is 0.831. The summed E-state index contributed by atoms with van der Waals surface area (Å²) in [6.45, 7) is 1.95. The molecule has 0 unspecified atom stereocenters. The Morgan fingerprint density at radius 1 is 1.47 bits per heavy atom. The fourth-order valence-electron chi connectivity index (χ4n) is 1.09. The van der Waals surface area contributed by atoms with Gasteiger partial charge >= 0.3 is 0 Å². The van der Waals surface area contributed by atoms with Crippen LogP contribution in [0.4, 0.5) is 0 Å². The summed E-state index contributed by atoms with van der Waals surface area (Å²) < 4.78 is 5.24. The van der Waals surface area contributed by atoms with Gasteiger partial charge < -0.3 is 15.8 Å². The Morgan fingerprint density at radius 2 is 2.07 bits per heavy atom. The molecule has 0 radical (unpaired) electrons. The summed E-state index contributed by atoms with van der Waals surface area (Å²) in [5.41, 5.74) is 6.75. The summed E-state index contributed by atoms with van der Waals surface area (Å²) in [7, 11) is 1.57. The molecule has 0 saturated heterocycles. The van der Waals surface area contributed by atoms with Crippen LogP contribution in [0.1, 0.15) is 18.5 Å². The maximum absolute atomic E-state index is 10.9. The third-order valence-electron chi connectivity index (χ3n) is 2.05. The Balaban J connectivity index is 2.53. The van der Waals surface area contributed by atoms with Crippen molar-refractivity contribution in [3.05, 3.63) is 29.8 Å². The molecule has 0 spiro atoms. The Labute approximate surface area is 89.4 Å². The molecule has 1 rings (SSSR count). The molecule has 1 atom stereocenters. The molecule has 0 bridgehead atoms. The number of hydrogen-bond donors (Lipinski definition) is 2. The van der Waals surface area contributed by atoms with E-state index < -0.39 is 0 Å². The number of hydrogen-bond acceptors (Lipinski definition) is 3. The highest BCUT2D eigenvalue weighted by Crippen LogP contribution is 2.15. The molecule has 0 heterocycles. The van der Waals surface area contributed by atoms with Gasteiger partial charge in [-0.2, -0.15) is 0 Å². The molecule has 0 aliphatic heterocycles. The van der Waals surface area contributed by atoms with E-state index in [1.165, 1.54) is 0 Å². The van der Waals surface area contributed by atoms with E-state index >= 15 is 0 Å². The van der Waals surface area contributed by atoms with Crippen LogP contribution in [0.2, 0.25) is 0 Å². The third kappa shape index (κ3) is 3.59. The number of carbonyl (C=O) groups is 1. The van der Waals surface area contributed by atoms with Crippen molar-refractivity contribution < 1.29 is 9.53 Å². The first-order valence-electron chi connectivity index (χ1n) is 4.82. The zero-order valence-corrected chi connectivity index (χ0v) is 8.99. The van der Waals surface area contributed by atoms with Crippen molar-refractivity contribution in [1.82, 2.24) is 5.32 Å². The van der Waals surface area contributed by atoms with Crippen LogP contribution in [0.15, 0.2) is 24.3 Å². The van der Waals surface area contributed by atoms with Crippen molar-refractivity contribution in [2.45, 2.75) is 13.0 Å². The smallest absolute Gasteiger partial charge is 0.257 e. The standard InChI is InChI=1S/C11H16N2O2/c1-8(12)9-3-5-10(6-4-9)15-7-11(14)13-2/h3-6,8H,7,12H2,1-2H3,(H,13,14)/t8-/m1/s1. The second-order valence-corrected chi connectivity index (χ2v) is 3.32. The highest BCUT2D eigenvalue weighted by atomic mass is 16.5. The number of carbonyl (C=O) groups excluding carboxylic acids is 1. The quantitative estimate of drug-likeness (QED) is 0.770. The maximum Gasteiger partial charge on any atom is 0.257 e. The number of nitrogens with one attached hydrogen (secondary N) is 1. The monoisotopic (exact) mass is 208 g/mol. The molecule has 1 amide bonds. The minimum atomic E-state index is -0.147. The summed E-state index contributed by atoms with van der Waals surface area (Å²) in [6.07, 6.45) is 0. The van der Waals surface area contributed by atoms with Gasteiger partial charge in [-0.1, -0.05) is 12.1 Å². The van der Waals surface area contributed by atoms with Gasteiger partial charge in [0.2, 0.25) is 0 Å². The average molecular weight is 208 g/mol. The second-order valence-electron chi connectivity index (χ2n) is 3.32. The van der Waals surface area contributed by atoms with Crippen LogP contribution in [-0.2, 0) is 4.79 Å². The highest BCUT2D eigenvalue weighted by Gasteiger charge is 2.01. The van der Waals surface area contributed by atoms with Crippen LogP contribution in [0.3, 0.4) is 0 Å². The van der Waals surface area contributed by atoms with Gasteiger partial charge in [-0.3, -0.25) is 4.79 Å². The normalized spacial score (nSPS) is 11.9.